The number of thiophene rings is 1. The second-order valence-corrected chi connectivity index (χ2v) is 5.77. The number of rotatable bonds is 4. The van der Waals surface area contributed by atoms with E-state index in [2.05, 4.69) is 5.32 Å². The van der Waals surface area contributed by atoms with Gasteiger partial charge >= 0.3 is 0 Å². The lowest BCUT2D eigenvalue weighted by Gasteiger charge is -2.17. The quantitative estimate of drug-likeness (QED) is 0.716. The number of carbonyl (C=O) groups is 2. The van der Waals surface area contributed by atoms with Crippen LogP contribution in [0.15, 0.2) is 0 Å². The molecule has 20 heavy (non-hydrogen) atoms. The zero-order valence-corrected chi connectivity index (χ0v) is 12.4. The summed E-state index contributed by atoms with van der Waals surface area (Å²) in [4.78, 5) is 26.3. The molecule has 1 unspecified atom stereocenters. The summed E-state index contributed by atoms with van der Waals surface area (Å²) >= 11 is 1.24. The lowest BCUT2D eigenvalue weighted by atomic mass is 10.1. The Balaban J connectivity index is 2.48. The van der Waals surface area contributed by atoms with Gasteiger partial charge in [0.2, 0.25) is 0 Å². The van der Waals surface area contributed by atoms with Crippen molar-refractivity contribution in [2.24, 2.45) is 0 Å². The van der Waals surface area contributed by atoms with Gasteiger partial charge in [0.1, 0.15) is 5.00 Å². The van der Waals surface area contributed by atoms with Gasteiger partial charge in [-0.1, -0.05) is 6.92 Å². The molecule has 0 spiro atoms. The molecule has 1 atom stereocenters. The van der Waals surface area contributed by atoms with Crippen molar-refractivity contribution in [2.45, 2.75) is 25.9 Å². The number of Topliss-reactive ketones (excluding diaryl/α,β-unsaturated/α-hetero) is 1. The van der Waals surface area contributed by atoms with Crippen LogP contribution in [0.4, 0.5) is 10.7 Å². The van der Waals surface area contributed by atoms with Crippen LogP contribution in [0.3, 0.4) is 0 Å². The first-order valence-electron chi connectivity index (χ1n) is 6.60. The summed E-state index contributed by atoms with van der Waals surface area (Å²) in [6, 6.07) is 0. The number of anilines is 2. The van der Waals surface area contributed by atoms with E-state index in [9.17, 15) is 14.7 Å². The van der Waals surface area contributed by atoms with Crippen LogP contribution in [-0.4, -0.2) is 43.0 Å². The first-order valence-corrected chi connectivity index (χ1v) is 7.41. The number of β-amino-alcohol motifs (C(OH)–C–C–N with tert-alkyl or cyclic N) is 1. The van der Waals surface area contributed by atoms with Gasteiger partial charge in [0.05, 0.1) is 22.2 Å². The van der Waals surface area contributed by atoms with E-state index in [1.54, 1.807) is 6.92 Å². The molecule has 1 saturated heterocycles. The SMILES string of the molecule is CCC(=O)c1sc(N2CCC(O)C2)c(C(=O)NC)c1N. The molecule has 0 aliphatic carbocycles. The van der Waals surface area contributed by atoms with Gasteiger partial charge in [0.15, 0.2) is 5.78 Å². The summed E-state index contributed by atoms with van der Waals surface area (Å²) in [6.45, 7) is 2.88. The van der Waals surface area contributed by atoms with Crippen LogP contribution in [0.2, 0.25) is 0 Å². The smallest absolute Gasteiger partial charge is 0.256 e. The molecule has 110 valence electrons. The maximum absolute atomic E-state index is 12.0. The molecule has 0 aromatic carbocycles. The second kappa shape index (κ2) is 5.80. The van der Waals surface area contributed by atoms with E-state index in [1.807, 2.05) is 4.90 Å². The Morgan fingerprint density at radius 2 is 2.25 bits per heavy atom. The van der Waals surface area contributed by atoms with E-state index in [0.29, 0.717) is 41.4 Å². The predicted molar refractivity (Wildman–Crippen MR) is 79.6 cm³/mol. The van der Waals surface area contributed by atoms with Crippen molar-refractivity contribution >= 4 is 33.7 Å². The number of ketones is 1. The monoisotopic (exact) mass is 297 g/mol. The number of amides is 1. The molecule has 2 heterocycles. The summed E-state index contributed by atoms with van der Waals surface area (Å²) in [5.74, 6) is -0.367. The van der Waals surface area contributed by atoms with E-state index >= 15 is 0 Å². The molecule has 2 rings (SSSR count). The van der Waals surface area contributed by atoms with E-state index in [0.717, 1.165) is 0 Å². The van der Waals surface area contributed by atoms with Crippen LogP contribution in [0.25, 0.3) is 0 Å². The van der Waals surface area contributed by atoms with Crippen LogP contribution >= 0.6 is 11.3 Å². The molecule has 4 N–H and O–H groups in total. The number of hydrogen-bond acceptors (Lipinski definition) is 6. The Kier molecular flexibility index (Phi) is 4.29. The largest absolute Gasteiger partial charge is 0.397 e. The minimum absolute atomic E-state index is 0.0661. The Morgan fingerprint density at radius 1 is 1.55 bits per heavy atom. The normalized spacial score (nSPS) is 18.4. The highest BCUT2D eigenvalue weighted by Gasteiger charge is 2.30. The van der Waals surface area contributed by atoms with Gasteiger partial charge in [-0.2, -0.15) is 0 Å². The molecule has 1 aliphatic rings. The molecule has 1 aliphatic heterocycles. The van der Waals surface area contributed by atoms with E-state index in [1.165, 1.54) is 18.4 Å². The zero-order valence-electron chi connectivity index (χ0n) is 11.6. The average molecular weight is 297 g/mol. The molecule has 1 fully saturated rings. The minimum atomic E-state index is -0.402. The molecule has 7 heteroatoms. The van der Waals surface area contributed by atoms with Crippen LogP contribution in [0.5, 0.6) is 0 Å². The third kappa shape index (κ3) is 2.51. The molecule has 1 amide bonds. The molecular formula is C13H19N3O3S. The number of nitrogens with one attached hydrogen (secondary N) is 1. The third-order valence-corrected chi connectivity index (χ3v) is 4.71. The fraction of sp³-hybridized carbons (Fsp3) is 0.538. The number of carbonyl (C=O) groups excluding carboxylic acids is 2. The summed E-state index contributed by atoms with van der Waals surface area (Å²) in [7, 11) is 1.53. The number of nitrogens with two attached hydrogens (primary N) is 1. The third-order valence-electron chi connectivity index (χ3n) is 3.41. The van der Waals surface area contributed by atoms with Crippen molar-refractivity contribution in [1.29, 1.82) is 0 Å². The first kappa shape index (κ1) is 14.8. The number of nitrogens with zero attached hydrogens (tertiary/aromatic N) is 1. The maximum Gasteiger partial charge on any atom is 0.256 e. The van der Waals surface area contributed by atoms with Gasteiger partial charge in [-0.05, 0) is 6.42 Å². The van der Waals surface area contributed by atoms with Crippen molar-refractivity contribution in [3.8, 4) is 0 Å². The molecule has 0 radical (unpaired) electrons. The highest BCUT2D eigenvalue weighted by Crippen LogP contribution is 2.40. The number of aliphatic hydroxyl groups is 1. The Labute approximate surface area is 121 Å². The Hall–Kier alpha value is -1.60. The molecule has 6 nitrogen and oxygen atoms in total. The summed E-state index contributed by atoms with van der Waals surface area (Å²) in [6.07, 6.45) is 0.600. The van der Waals surface area contributed by atoms with Gasteiger partial charge < -0.3 is 21.1 Å². The van der Waals surface area contributed by atoms with Crippen molar-refractivity contribution in [3.05, 3.63) is 10.4 Å². The van der Waals surface area contributed by atoms with Crippen molar-refractivity contribution in [2.75, 3.05) is 30.8 Å². The van der Waals surface area contributed by atoms with Gasteiger partial charge in [-0.15, -0.1) is 11.3 Å². The minimum Gasteiger partial charge on any atom is -0.397 e. The molecule has 1 aromatic rings. The van der Waals surface area contributed by atoms with Crippen LogP contribution in [-0.2, 0) is 0 Å². The van der Waals surface area contributed by atoms with Gasteiger partial charge in [-0.3, -0.25) is 9.59 Å². The molecule has 0 bridgehead atoms. The summed E-state index contributed by atoms with van der Waals surface area (Å²) in [5, 5.41) is 12.9. The molecular weight excluding hydrogens is 278 g/mol. The molecule has 1 aromatic heterocycles. The van der Waals surface area contributed by atoms with Crippen LogP contribution < -0.4 is 16.0 Å². The Morgan fingerprint density at radius 3 is 2.75 bits per heavy atom. The van der Waals surface area contributed by atoms with Gasteiger partial charge in [-0.25, -0.2) is 0 Å². The van der Waals surface area contributed by atoms with Crippen molar-refractivity contribution < 1.29 is 14.7 Å². The van der Waals surface area contributed by atoms with Gasteiger partial charge in [0, 0.05) is 26.6 Å². The van der Waals surface area contributed by atoms with Crippen molar-refractivity contribution in [3.63, 3.8) is 0 Å². The standard InChI is InChI=1S/C13H19N3O3S/c1-3-8(18)11-10(14)9(12(19)15-2)13(20-11)16-5-4-7(17)6-16/h7,17H,3-6,14H2,1-2H3,(H,15,19). The highest BCUT2D eigenvalue weighted by molar-refractivity contribution is 7.19. The summed E-state index contributed by atoms with van der Waals surface area (Å²) in [5.41, 5.74) is 6.60. The van der Waals surface area contributed by atoms with Crippen molar-refractivity contribution in [1.82, 2.24) is 5.32 Å². The average Bonchev–Trinajstić information content (AvgIpc) is 3.01. The predicted octanol–water partition coefficient (Wildman–Crippen LogP) is 0.854. The fourth-order valence-corrected chi connectivity index (χ4v) is 3.56. The molecule has 0 saturated carbocycles. The van der Waals surface area contributed by atoms with Crippen LogP contribution in [0, 0.1) is 0 Å². The number of nitrogen functional groups attached to an aromatic ring is 1. The van der Waals surface area contributed by atoms with Crippen LogP contribution in [0.1, 0.15) is 39.8 Å². The second-order valence-electron chi connectivity index (χ2n) is 4.77. The lowest BCUT2D eigenvalue weighted by Crippen LogP contribution is -2.25. The topological polar surface area (TPSA) is 95.7 Å². The van der Waals surface area contributed by atoms with Gasteiger partial charge in [0.25, 0.3) is 5.91 Å². The summed E-state index contributed by atoms with van der Waals surface area (Å²) < 4.78 is 0. The fourth-order valence-electron chi connectivity index (χ4n) is 2.29. The highest BCUT2D eigenvalue weighted by atomic mass is 32.1. The van der Waals surface area contributed by atoms with E-state index in [4.69, 9.17) is 5.73 Å². The van der Waals surface area contributed by atoms with E-state index in [-0.39, 0.29) is 17.4 Å². The zero-order chi connectivity index (χ0) is 14.9. The lowest BCUT2D eigenvalue weighted by molar-refractivity contribution is 0.0964. The first-order chi connectivity index (χ1) is 9.49. The number of aliphatic hydroxyl groups excluding tert-OH is 1. The van der Waals surface area contributed by atoms with E-state index < -0.39 is 6.10 Å². The Bertz CT molecular complexity index is 541. The number of hydrogen-bond donors (Lipinski definition) is 3. The maximum atomic E-state index is 12.0.